The van der Waals surface area contributed by atoms with Gasteiger partial charge in [0.1, 0.15) is 12.4 Å². The zero-order valence-electron chi connectivity index (χ0n) is 12.7. The number of halogens is 1. The highest BCUT2D eigenvalue weighted by Crippen LogP contribution is 2.14. The van der Waals surface area contributed by atoms with Crippen LogP contribution in [0, 0.1) is 5.82 Å². The van der Waals surface area contributed by atoms with Crippen molar-refractivity contribution >= 4 is 17.5 Å². The lowest BCUT2D eigenvalue weighted by Gasteiger charge is -2.20. The lowest BCUT2D eigenvalue weighted by atomic mass is 10.2. The molecule has 0 aromatic heterocycles. The van der Waals surface area contributed by atoms with E-state index < -0.39 is 0 Å². The Balaban J connectivity index is 2.53. The number of carbonyl (C=O) groups is 2. The standard InChI is InChI=1S/C15H22FN3O2/c1-12(20)19(14-7-5-13(16)6-8-14)11-15(21)17-9-4-10-18(2)3/h5-8H,4,9-11H2,1-3H3,(H,17,21). The van der Waals surface area contributed by atoms with Crippen LogP contribution in [0.5, 0.6) is 0 Å². The summed E-state index contributed by atoms with van der Waals surface area (Å²) in [7, 11) is 3.93. The van der Waals surface area contributed by atoms with E-state index in [1.54, 1.807) is 0 Å². The van der Waals surface area contributed by atoms with Gasteiger partial charge in [-0.15, -0.1) is 0 Å². The molecule has 0 bridgehead atoms. The molecule has 1 rings (SSSR count). The summed E-state index contributed by atoms with van der Waals surface area (Å²) in [5.74, 6) is -0.867. The summed E-state index contributed by atoms with van der Waals surface area (Å²) in [6, 6.07) is 5.49. The van der Waals surface area contributed by atoms with Crippen molar-refractivity contribution in [3.05, 3.63) is 30.1 Å². The number of anilines is 1. The van der Waals surface area contributed by atoms with Gasteiger partial charge in [-0.1, -0.05) is 0 Å². The SMILES string of the molecule is CC(=O)N(CC(=O)NCCCN(C)C)c1ccc(F)cc1. The van der Waals surface area contributed by atoms with Crippen molar-refractivity contribution in [2.75, 3.05) is 38.6 Å². The molecule has 0 atom stereocenters. The van der Waals surface area contributed by atoms with Gasteiger partial charge in [0.05, 0.1) is 0 Å². The second-order valence-corrected chi connectivity index (χ2v) is 5.09. The molecule has 0 heterocycles. The first kappa shape index (κ1) is 17.1. The second-order valence-electron chi connectivity index (χ2n) is 5.09. The highest BCUT2D eigenvalue weighted by Gasteiger charge is 2.15. The molecule has 0 saturated carbocycles. The summed E-state index contributed by atoms with van der Waals surface area (Å²) in [5, 5.41) is 2.77. The van der Waals surface area contributed by atoms with Gasteiger partial charge in [0, 0.05) is 19.2 Å². The monoisotopic (exact) mass is 295 g/mol. The highest BCUT2D eigenvalue weighted by molar-refractivity contribution is 5.97. The topological polar surface area (TPSA) is 52.7 Å². The minimum Gasteiger partial charge on any atom is -0.355 e. The van der Waals surface area contributed by atoms with Crippen LogP contribution in [0.15, 0.2) is 24.3 Å². The first-order chi connectivity index (χ1) is 9.90. The van der Waals surface area contributed by atoms with E-state index in [0.717, 1.165) is 13.0 Å². The summed E-state index contributed by atoms with van der Waals surface area (Å²) in [6.45, 7) is 2.76. The van der Waals surface area contributed by atoms with Gasteiger partial charge in [0.25, 0.3) is 0 Å². The summed E-state index contributed by atoms with van der Waals surface area (Å²) in [6.07, 6.45) is 0.843. The van der Waals surface area contributed by atoms with E-state index in [1.165, 1.54) is 36.1 Å². The van der Waals surface area contributed by atoms with Crippen LogP contribution < -0.4 is 10.2 Å². The Morgan fingerprint density at radius 3 is 2.33 bits per heavy atom. The molecule has 21 heavy (non-hydrogen) atoms. The summed E-state index contributed by atoms with van der Waals surface area (Å²) < 4.78 is 12.9. The molecule has 0 fully saturated rings. The molecule has 0 unspecified atom stereocenters. The fourth-order valence-electron chi connectivity index (χ4n) is 1.83. The van der Waals surface area contributed by atoms with Gasteiger partial charge < -0.3 is 15.1 Å². The Bertz CT molecular complexity index is 474. The zero-order valence-corrected chi connectivity index (χ0v) is 12.7. The average molecular weight is 295 g/mol. The molecule has 116 valence electrons. The number of rotatable bonds is 7. The maximum atomic E-state index is 12.9. The first-order valence-corrected chi connectivity index (χ1v) is 6.85. The van der Waals surface area contributed by atoms with Gasteiger partial charge in [-0.05, 0) is 51.3 Å². The molecule has 0 aliphatic rings. The van der Waals surface area contributed by atoms with Crippen LogP contribution in [0.3, 0.4) is 0 Å². The van der Waals surface area contributed by atoms with Crippen LogP contribution in [0.25, 0.3) is 0 Å². The molecule has 5 nitrogen and oxygen atoms in total. The van der Waals surface area contributed by atoms with E-state index in [0.29, 0.717) is 12.2 Å². The normalized spacial score (nSPS) is 10.5. The lowest BCUT2D eigenvalue weighted by molar-refractivity contribution is -0.123. The molecular weight excluding hydrogens is 273 g/mol. The van der Waals surface area contributed by atoms with Crippen LogP contribution in [-0.4, -0.2) is 50.4 Å². The Morgan fingerprint density at radius 1 is 1.19 bits per heavy atom. The van der Waals surface area contributed by atoms with E-state index in [9.17, 15) is 14.0 Å². The zero-order chi connectivity index (χ0) is 15.8. The Morgan fingerprint density at radius 2 is 1.81 bits per heavy atom. The molecule has 0 aliphatic carbocycles. The summed E-state index contributed by atoms with van der Waals surface area (Å²) >= 11 is 0. The molecule has 1 aromatic rings. The number of nitrogens with zero attached hydrogens (tertiary/aromatic N) is 2. The average Bonchev–Trinajstić information content (AvgIpc) is 2.41. The highest BCUT2D eigenvalue weighted by atomic mass is 19.1. The number of hydrogen-bond donors (Lipinski definition) is 1. The van der Waals surface area contributed by atoms with Crippen LogP contribution in [0.4, 0.5) is 10.1 Å². The van der Waals surface area contributed by atoms with Crippen LogP contribution in [0.2, 0.25) is 0 Å². The fourth-order valence-corrected chi connectivity index (χ4v) is 1.83. The molecule has 0 spiro atoms. The van der Waals surface area contributed by atoms with Crippen molar-refractivity contribution in [3.63, 3.8) is 0 Å². The second kappa shape index (κ2) is 8.36. The molecule has 0 saturated heterocycles. The van der Waals surface area contributed by atoms with Gasteiger partial charge in [0.2, 0.25) is 11.8 Å². The molecule has 2 amide bonds. The van der Waals surface area contributed by atoms with Crippen molar-refractivity contribution in [2.45, 2.75) is 13.3 Å². The molecule has 0 radical (unpaired) electrons. The molecular formula is C15H22FN3O2. The Labute approximate surface area is 124 Å². The van der Waals surface area contributed by atoms with Gasteiger partial charge in [0.15, 0.2) is 0 Å². The van der Waals surface area contributed by atoms with E-state index >= 15 is 0 Å². The number of nitrogens with one attached hydrogen (secondary N) is 1. The summed E-state index contributed by atoms with van der Waals surface area (Å²) in [5.41, 5.74) is 0.507. The fraction of sp³-hybridized carbons (Fsp3) is 0.467. The van der Waals surface area contributed by atoms with Crippen molar-refractivity contribution in [1.82, 2.24) is 10.2 Å². The molecule has 1 aromatic carbocycles. The number of benzene rings is 1. The van der Waals surface area contributed by atoms with Gasteiger partial charge >= 0.3 is 0 Å². The van der Waals surface area contributed by atoms with Crippen molar-refractivity contribution < 1.29 is 14.0 Å². The van der Waals surface area contributed by atoms with Crippen LogP contribution in [0.1, 0.15) is 13.3 Å². The van der Waals surface area contributed by atoms with E-state index in [4.69, 9.17) is 0 Å². The molecule has 0 aliphatic heterocycles. The van der Waals surface area contributed by atoms with E-state index in [2.05, 4.69) is 5.32 Å². The van der Waals surface area contributed by atoms with Crippen molar-refractivity contribution in [3.8, 4) is 0 Å². The number of carbonyl (C=O) groups excluding carboxylic acids is 2. The van der Waals surface area contributed by atoms with Crippen molar-refractivity contribution in [1.29, 1.82) is 0 Å². The minimum absolute atomic E-state index is 0.0665. The maximum Gasteiger partial charge on any atom is 0.240 e. The van der Waals surface area contributed by atoms with Crippen LogP contribution in [-0.2, 0) is 9.59 Å². The van der Waals surface area contributed by atoms with Gasteiger partial charge in [-0.25, -0.2) is 4.39 Å². The lowest BCUT2D eigenvalue weighted by Crippen LogP contribution is -2.40. The quantitative estimate of drug-likeness (QED) is 0.770. The van der Waals surface area contributed by atoms with Gasteiger partial charge in [-0.3, -0.25) is 9.59 Å². The maximum absolute atomic E-state index is 12.9. The molecule has 6 heteroatoms. The number of hydrogen-bond acceptors (Lipinski definition) is 3. The largest absolute Gasteiger partial charge is 0.355 e. The minimum atomic E-state index is -0.379. The predicted octanol–water partition coefficient (Wildman–Crippen LogP) is 1.25. The summed E-state index contributed by atoms with van der Waals surface area (Å²) in [4.78, 5) is 26.8. The van der Waals surface area contributed by atoms with E-state index in [-0.39, 0.29) is 24.2 Å². The first-order valence-electron chi connectivity index (χ1n) is 6.85. The smallest absolute Gasteiger partial charge is 0.240 e. The number of amides is 2. The third kappa shape index (κ3) is 6.35. The van der Waals surface area contributed by atoms with Crippen molar-refractivity contribution in [2.24, 2.45) is 0 Å². The van der Waals surface area contributed by atoms with Gasteiger partial charge in [-0.2, -0.15) is 0 Å². The Kier molecular flexibility index (Phi) is 6.81. The van der Waals surface area contributed by atoms with E-state index in [1.807, 2.05) is 19.0 Å². The predicted molar refractivity (Wildman–Crippen MR) is 80.6 cm³/mol. The third-order valence-corrected chi connectivity index (χ3v) is 2.92. The third-order valence-electron chi connectivity index (χ3n) is 2.92. The molecule has 1 N–H and O–H groups in total. The van der Waals surface area contributed by atoms with Crippen LogP contribution >= 0.6 is 0 Å². The Hall–Kier alpha value is -1.95.